The summed E-state index contributed by atoms with van der Waals surface area (Å²) in [5, 5.41) is 0. The standard InChI is InChI=1S/C5H14N.CH4O2S2/c1-5-6(2,3)4;1-5(2,3)4/h5H2,1-4H3;1H3,(H,2,3,4)/q+1;/p-1. The predicted octanol–water partition coefficient (Wildman–Crippen LogP) is 0.205. The fourth-order valence-electron chi connectivity index (χ4n) is 0. The molecule has 0 N–H and O–H groups in total. The van der Waals surface area contributed by atoms with Crippen molar-refractivity contribution >= 4 is 20.5 Å². The van der Waals surface area contributed by atoms with E-state index in [0.29, 0.717) is 0 Å². The smallest absolute Gasteiger partial charge is 0.0751 e. The zero-order valence-corrected chi connectivity index (χ0v) is 9.42. The first-order valence-corrected chi connectivity index (χ1v) is 6.09. The Morgan fingerprint density at radius 3 is 1.36 bits per heavy atom. The van der Waals surface area contributed by atoms with E-state index in [9.17, 15) is 8.42 Å². The molecule has 11 heavy (non-hydrogen) atoms. The van der Waals surface area contributed by atoms with Crippen LogP contribution in [0.25, 0.3) is 0 Å². The minimum absolute atomic E-state index is 0.975. The number of quaternary nitrogens is 1. The molecule has 0 heterocycles. The second kappa shape index (κ2) is 5.00. The lowest BCUT2D eigenvalue weighted by Gasteiger charge is -2.20. The summed E-state index contributed by atoms with van der Waals surface area (Å²) in [6.45, 7) is 3.39. The van der Waals surface area contributed by atoms with Crippen LogP contribution in [0.2, 0.25) is 0 Å². The van der Waals surface area contributed by atoms with E-state index in [2.05, 4.69) is 39.7 Å². The molecule has 0 bridgehead atoms. The van der Waals surface area contributed by atoms with Crippen molar-refractivity contribution in [2.75, 3.05) is 33.9 Å². The molecule has 0 aromatic rings. The quantitative estimate of drug-likeness (QED) is 0.344. The molecule has 70 valence electrons. The van der Waals surface area contributed by atoms with Crippen molar-refractivity contribution < 1.29 is 12.9 Å². The molecule has 0 saturated carbocycles. The van der Waals surface area contributed by atoms with Gasteiger partial charge < -0.3 is 16.1 Å². The number of hydrogen-bond donors (Lipinski definition) is 0. The summed E-state index contributed by atoms with van der Waals surface area (Å²) in [5.74, 6) is 0. The van der Waals surface area contributed by atoms with Gasteiger partial charge in [-0.3, -0.25) is 8.42 Å². The Morgan fingerprint density at radius 2 is 1.36 bits per heavy atom. The van der Waals surface area contributed by atoms with E-state index < -0.39 is 8.87 Å². The minimum atomic E-state index is -3.08. The molecular weight excluding hydrogens is 182 g/mol. The van der Waals surface area contributed by atoms with Crippen LogP contribution < -0.4 is 0 Å². The van der Waals surface area contributed by atoms with Crippen LogP contribution in [0, 0.1) is 0 Å². The molecule has 0 aliphatic rings. The maximum atomic E-state index is 9.45. The van der Waals surface area contributed by atoms with Crippen LogP contribution in [0.1, 0.15) is 6.92 Å². The molecule has 5 heteroatoms. The Hall–Kier alpha value is 0.260. The molecule has 3 nitrogen and oxygen atoms in total. The SMILES string of the molecule is CC[N+](C)(C)C.CS(=O)(=O)[S-]. The number of nitrogens with zero attached hydrogens (tertiary/aromatic N) is 1. The largest absolute Gasteiger partial charge is 0.649 e. The molecule has 0 amide bonds. The molecule has 0 fully saturated rings. The third kappa shape index (κ3) is 65.9. The molecule has 0 spiro atoms. The summed E-state index contributed by atoms with van der Waals surface area (Å²) in [5.41, 5.74) is 0. The first-order chi connectivity index (χ1) is 4.56. The van der Waals surface area contributed by atoms with Crippen LogP contribution in [0.15, 0.2) is 0 Å². The Balaban J connectivity index is 0. The van der Waals surface area contributed by atoms with E-state index >= 15 is 0 Å². The highest BCUT2D eigenvalue weighted by atomic mass is 33.1. The van der Waals surface area contributed by atoms with Gasteiger partial charge in [-0.1, -0.05) is 0 Å². The van der Waals surface area contributed by atoms with E-state index in [-0.39, 0.29) is 0 Å². The summed E-state index contributed by atoms with van der Waals surface area (Å²) in [4.78, 5) is 0. The number of rotatable bonds is 1. The van der Waals surface area contributed by atoms with Gasteiger partial charge in [0, 0.05) is 15.1 Å². The molecule has 0 aliphatic carbocycles. The summed E-state index contributed by atoms with van der Waals surface area (Å²) >= 11 is 3.80. The van der Waals surface area contributed by atoms with Crippen LogP contribution in [0.4, 0.5) is 0 Å². The van der Waals surface area contributed by atoms with Gasteiger partial charge in [0.25, 0.3) is 0 Å². The zero-order chi connectivity index (χ0) is 9.71. The second-order valence-electron chi connectivity index (χ2n) is 3.31. The van der Waals surface area contributed by atoms with Gasteiger partial charge in [-0.25, -0.2) is 0 Å². The summed E-state index contributed by atoms with van der Waals surface area (Å²) < 4.78 is 20.0. The molecule has 0 rings (SSSR count). The lowest BCUT2D eigenvalue weighted by atomic mass is 10.6. The van der Waals surface area contributed by atoms with Gasteiger partial charge in [-0.2, -0.15) is 0 Å². The first-order valence-electron chi connectivity index (χ1n) is 3.27. The maximum Gasteiger partial charge on any atom is 0.0751 e. The first kappa shape index (κ1) is 13.8. The van der Waals surface area contributed by atoms with Crippen molar-refractivity contribution in [3.63, 3.8) is 0 Å². The van der Waals surface area contributed by atoms with Gasteiger partial charge in [0.2, 0.25) is 0 Å². The Bertz CT molecular complexity index is 171. The van der Waals surface area contributed by atoms with Crippen molar-refractivity contribution in [1.82, 2.24) is 0 Å². The van der Waals surface area contributed by atoms with Crippen LogP contribution in [-0.2, 0) is 20.5 Å². The highest BCUT2D eigenvalue weighted by Crippen LogP contribution is 1.83. The Kier molecular flexibility index (Phi) is 6.29. The lowest BCUT2D eigenvalue weighted by Crippen LogP contribution is -2.33. The van der Waals surface area contributed by atoms with E-state index in [0.717, 1.165) is 10.7 Å². The third-order valence-corrected chi connectivity index (χ3v) is 0.949. The molecule has 0 aliphatic heterocycles. The minimum Gasteiger partial charge on any atom is -0.649 e. The highest BCUT2D eigenvalue weighted by Gasteiger charge is 1.97. The lowest BCUT2D eigenvalue weighted by molar-refractivity contribution is -0.868. The van der Waals surface area contributed by atoms with E-state index in [1.807, 2.05) is 0 Å². The summed E-state index contributed by atoms with van der Waals surface area (Å²) in [6, 6.07) is 0. The topological polar surface area (TPSA) is 34.1 Å². The van der Waals surface area contributed by atoms with Crippen LogP contribution in [0.3, 0.4) is 0 Å². The molecule has 0 saturated heterocycles. The Labute approximate surface area is 74.7 Å². The van der Waals surface area contributed by atoms with Crippen LogP contribution in [-0.4, -0.2) is 46.8 Å². The van der Waals surface area contributed by atoms with Gasteiger partial charge >= 0.3 is 0 Å². The maximum absolute atomic E-state index is 9.45. The van der Waals surface area contributed by atoms with Crippen molar-refractivity contribution in [2.45, 2.75) is 6.92 Å². The van der Waals surface area contributed by atoms with Gasteiger partial charge in [-0.05, 0) is 6.92 Å². The molecule has 0 radical (unpaired) electrons. The molecule has 0 unspecified atom stereocenters. The van der Waals surface area contributed by atoms with Crippen molar-refractivity contribution in [2.24, 2.45) is 0 Å². The van der Waals surface area contributed by atoms with E-state index in [4.69, 9.17) is 0 Å². The number of hydrogen-bond acceptors (Lipinski definition) is 3. The molecule has 0 atom stereocenters. The van der Waals surface area contributed by atoms with Crippen molar-refractivity contribution in [1.29, 1.82) is 0 Å². The normalized spacial score (nSPS) is 11.8. The van der Waals surface area contributed by atoms with E-state index in [1.54, 1.807) is 0 Å². The molecule has 0 aromatic carbocycles. The monoisotopic (exact) mass is 199 g/mol. The van der Waals surface area contributed by atoms with Gasteiger partial charge in [0.15, 0.2) is 0 Å². The predicted molar refractivity (Wildman–Crippen MR) is 50.8 cm³/mol. The fraction of sp³-hybridized carbons (Fsp3) is 1.00. The average Bonchev–Trinajstić information content (AvgIpc) is 1.59. The van der Waals surface area contributed by atoms with Gasteiger partial charge in [0.1, 0.15) is 0 Å². The average molecular weight is 199 g/mol. The van der Waals surface area contributed by atoms with Gasteiger partial charge in [0.05, 0.1) is 27.7 Å². The summed E-state index contributed by atoms with van der Waals surface area (Å²) in [7, 11) is 3.46. The van der Waals surface area contributed by atoms with Crippen LogP contribution >= 0.6 is 0 Å². The highest BCUT2D eigenvalue weighted by molar-refractivity contribution is 8.53. The third-order valence-electron chi connectivity index (χ3n) is 0.949. The zero-order valence-electron chi connectivity index (χ0n) is 7.79. The van der Waals surface area contributed by atoms with E-state index in [1.165, 1.54) is 6.54 Å². The van der Waals surface area contributed by atoms with Crippen LogP contribution in [0.5, 0.6) is 0 Å². The van der Waals surface area contributed by atoms with Crippen molar-refractivity contribution in [3.8, 4) is 0 Å². The summed E-state index contributed by atoms with van der Waals surface area (Å²) in [6.07, 6.45) is 0.975. The van der Waals surface area contributed by atoms with Gasteiger partial charge in [-0.15, -0.1) is 0 Å². The molecule has 0 aromatic heterocycles. The fourth-order valence-corrected chi connectivity index (χ4v) is 0. The molecular formula is C6H17NO2S2. The Morgan fingerprint density at radius 1 is 1.27 bits per heavy atom. The second-order valence-corrected chi connectivity index (χ2v) is 6.54. The van der Waals surface area contributed by atoms with Crippen molar-refractivity contribution in [3.05, 3.63) is 0 Å².